The van der Waals surface area contributed by atoms with Gasteiger partial charge in [0.15, 0.2) is 6.10 Å². The highest BCUT2D eigenvalue weighted by Gasteiger charge is 2.34. The maximum absolute atomic E-state index is 11.8. The first kappa shape index (κ1) is 22.0. The minimum atomic E-state index is -1.12. The van der Waals surface area contributed by atoms with Gasteiger partial charge in [-0.15, -0.1) is 11.3 Å². The minimum absolute atomic E-state index is 0.0817. The van der Waals surface area contributed by atoms with E-state index in [0.717, 1.165) is 80.6 Å². The molecule has 0 amide bonds. The van der Waals surface area contributed by atoms with Crippen LogP contribution in [-0.2, 0) is 20.7 Å². The SMILES string of the molecule is COC(=O)C(O)C[C@H]1CCc2sc3ncnc(OC4CCC(N5CCOCC5)CC4)c3c21. The number of aliphatic hydroxyl groups excluding tert-OH is 1. The predicted octanol–water partition coefficient (Wildman–Crippen LogP) is 2.67. The van der Waals surface area contributed by atoms with E-state index in [9.17, 15) is 9.90 Å². The van der Waals surface area contributed by atoms with Crippen LogP contribution >= 0.6 is 11.3 Å². The van der Waals surface area contributed by atoms with E-state index in [2.05, 4.69) is 14.9 Å². The molecule has 0 radical (unpaired) electrons. The smallest absolute Gasteiger partial charge is 0.334 e. The molecule has 1 saturated heterocycles. The molecule has 1 N–H and O–H groups in total. The second kappa shape index (κ2) is 9.59. The van der Waals surface area contributed by atoms with Gasteiger partial charge < -0.3 is 19.3 Å². The van der Waals surface area contributed by atoms with Crippen molar-refractivity contribution < 1.29 is 24.1 Å². The fourth-order valence-corrected chi connectivity index (χ4v) is 6.73. The Balaban J connectivity index is 1.31. The second-order valence-corrected chi connectivity index (χ2v) is 10.1. The molecule has 2 fully saturated rings. The topological polar surface area (TPSA) is 94.0 Å². The molecule has 2 aromatic heterocycles. The number of esters is 1. The number of hydrogen-bond donors (Lipinski definition) is 1. The van der Waals surface area contributed by atoms with Crippen LogP contribution < -0.4 is 4.74 Å². The van der Waals surface area contributed by atoms with E-state index in [1.165, 1.54) is 12.0 Å². The number of ether oxygens (including phenoxy) is 3. The van der Waals surface area contributed by atoms with Gasteiger partial charge in [-0.3, -0.25) is 4.90 Å². The lowest BCUT2D eigenvalue weighted by atomic mass is 9.91. The number of hydrogen-bond acceptors (Lipinski definition) is 9. The number of nitrogens with zero attached hydrogens (tertiary/aromatic N) is 3. The summed E-state index contributed by atoms with van der Waals surface area (Å²) in [6, 6.07) is 0.624. The second-order valence-electron chi connectivity index (χ2n) is 9.00. The van der Waals surface area contributed by atoms with Crippen molar-refractivity contribution in [3.05, 3.63) is 16.8 Å². The minimum Gasteiger partial charge on any atom is -0.474 e. The summed E-state index contributed by atoms with van der Waals surface area (Å²) in [5.74, 6) is 0.155. The molecule has 0 spiro atoms. The van der Waals surface area contributed by atoms with Gasteiger partial charge in [-0.05, 0) is 56.4 Å². The van der Waals surface area contributed by atoms with E-state index >= 15 is 0 Å². The Morgan fingerprint density at radius 1 is 1.25 bits per heavy atom. The molecule has 1 aliphatic heterocycles. The summed E-state index contributed by atoms with van der Waals surface area (Å²) in [5, 5.41) is 11.2. The number of aliphatic hydroxyl groups is 1. The molecule has 2 aromatic rings. The molecular formula is C23H31N3O5S. The lowest BCUT2D eigenvalue weighted by Crippen LogP contribution is -2.46. The molecule has 2 aliphatic carbocycles. The number of thiophene rings is 1. The predicted molar refractivity (Wildman–Crippen MR) is 120 cm³/mol. The van der Waals surface area contributed by atoms with Crippen LogP contribution in [0.5, 0.6) is 5.88 Å². The lowest BCUT2D eigenvalue weighted by molar-refractivity contribution is -0.150. The normalized spacial score (nSPS) is 27.2. The Hall–Kier alpha value is -1.81. The zero-order chi connectivity index (χ0) is 22.1. The van der Waals surface area contributed by atoms with Gasteiger partial charge >= 0.3 is 5.97 Å². The maximum Gasteiger partial charge on any atom is 0.334 e. The highest BCUT2D eigenvalue weighted by atomic mass is 32.1. The zero-order valence-corrected chi connectivity index (χ0v) is 19.3. The van der Waals surface area contributed by atoms with Crippen molar-refractivity contribution in [1.29, 1.82) is 0 Å². The molecule has 32 heavy (non-hydrogen) atoms. The largest absolute Gasteiger partial charge is 0.474 e. The van der Waals surface area contributed by atoms with Crippen LogP contribution in [0.4, 0.5) is 0 Å². The number of methoxy groups -OCH3 is 1. The molecule has 0 aromatic carbocycles. The van der Waals surface area contributed by atoms with Crippen molar-refractivity contribution in [1.82, 2.24) is 14.9 Å². The first-order valence-electron chi connectivity index (χ1n) is 11.6. The molecule has 2 atom stereocenters. The molecule has 174 valence electrons. The molecule has 0 bridgehead atoms. The molecule has 3 aliphatic rings. The Bertz CT molecular complexity index is 953. The highest BCUT2D eigenvalue weighted by Crippen LogP contribution is 2.47. The number of carbonyl (C=O) groups excluding carboxylic acids is 1. The van der Waals surface area contributed by atoms with Crippen molar-refractivity contribution in [2.24, 2.45) is 0 Å². The van der Waals surface area contributed by atoms with Gasteiger partial charge in [0.1, 0.15) is 17.3 Å². The number of aryl methyl sites for hydroxylation is 1. The van der Waals surface area contributed by atoms with Crippen molar-refractivity contribution in [2.45, 2.75) is 69.1 Å². The van der Waals surface area contributed by atoms with Crippen molar-refractivity contribution in [3.8, 4) is 5.88 Å². The number of fused-ring (bicyclic) bond motifs is 3. The van der Waals surface area contributed by atoms with E-state index in [-0.39, 0.29) is 12.0 Å². The van der Waals surface area contributed by atoms with Crippen LogP contribution in [0.3, 0.4) is 0 Å². The molecule has 9 heteroatoms. The molecule has 1 saturated carbocycles. The highest BCUT2D eigenvalue weighted by molar-refractivity contribution is 7.19. The zero-order valence-electron chi connectivity index (χ0n) is 18.5. The Morgan fingerprint density at radius 2 is 2.03 bits per heavy atom. The first-order chi connectivity index (χ1) is 15.6. The molecule has 8 nitrogen and oxygen atoms in total. The summed E-state index contributed by atoms with van der Waals surface area (Å²) in [6.07, 6.45) is 7.11. The molecular weight excluding hydrogens is 430 g/mol. The summed E-state index contributed by atoms with van der Waals surface area (Å²) in [7, 11) is 1.30. The van der Waals surface area contributed by atoms with Crippen LogP contribution in [0, 0.1) is 0 Å². The molecule has 5 rings (SSSR count). The van der Waals surface area contributed by atoms with Crippen LogP contribution in [-0.4, -0.2) is 77.6 Å². The van der Waals surface area contributed by atoms with Gasteiger partial charge in [0.25, 0.3) is 0 Å². The van der Waals surface area contributed by atoms with Crippen molar-refractivity contribution >= 4 is 27.5 Å². The summed E-state index contributed by atoms with van der Waals surface area (Å²) in [6.45, 7) is 3.74. The van der Waals surface area contributed by atoms with Crippen LogP contribution in [0.15, 0.2) is 6.33 Å². The van der Waals surface area contributed by atoms with Crippen LogP contribution in [0.1, 0.15) is 54.9 Å². The van der Waals surface area contributed by atoms with Crippen LogP contribution in [0.25, 0.3) is 10.2 Å². The number of morpholine rings is 1. The van der Waals surface area contributed by atoms with Gasteiger partial charge in [0.05, 0.1) is 25.7 Å². The first-order valence-corrected chi connectivity index (χ1v) is 12.5. The van der Waals surface area contributed by atoms with E-state index in [4.69, 9.17) is 14.2 Å². The summed E-state index contributed by atoms with van der Waals surface area (Å²) in [5.41, 5.74) is 1.16. The molecule has 1 unspecified atom stereocenters. The third-order valence-electron chi connectivity index (χ3n) is 7.16. The Kier molecular flexibility index (Phi) is 6.59. The van der Waals surface area contributed by atoms with Gasteiger partial charge in [-0.1, -0.05) is 0 Å². The average molecular weight is 462 g/mol. The lowest BCUT2D eigenvalue weighted by Gasteiger charge is -2.38. The monoisotopic (exact) mass is 461 g/mol. The van der Waals surface area contributed by atoms with Gasteiger partial charge in [0, 0.05) is 24.0 Å². The van der Waals surface area contributed by atoms with Gasteiger partial charge in [-0.25, -0.2) is 14.8 Å². The quantitative estimate of drug-likeness (QED) is 0.657. The summed E-state index contributed by atoms with van der Waals surface area (Å²) in [4.78, 5) is 25.5. The fraction of sp³-hybridized carbons (Fsp3) is 0.696. The van der Waals surface area contributed by atoms with Gasteiger partial charge in [-0.2, -0.15) is 0 Å². The van der Waals surface area contributed by atoms with Crippen molar-refractivity contribution in [3.63, 3.8) is 0 Å². The van der Waals surface area contributed by atoms with Crippen LogP contribution in [0.2, 0.25) is 0 Å². The van der Waals surface area contributed by atoms with Crippen molar-refractivity contribution in [2.75, 3.05) is 33.4 Å². The summed E-state index contributed by atoms with van der Waals surface area (Å²) < 4.78 is 16.7. The van der Waals surface area contributed by atoms with E-state index in [1.54, 1.807) is 17.7 Å². The maximum atomic E-state index is 11.8. The third kappa shape index (κ3) is 4.35. The summed E-state index contributed by atoms with van der Waals surface area (Å²) >= 11 is 1.68. The number of aromatic nitrogens is 2. The third-order valence-corrected chi connectivity index (χ3v) is 8.33. The number of rotatable bonds is 6. The van der Waals surface area contributed by atoms with Gasteiger partial charge in [0.2, 0.25) is 5.88 Å². The Labute approximate surface area is 191 Å². The van der Waals surface area contributed by atoms with E-state index < -0.39 is 12.1 Å². The standard InChI is InChI=1S/C23H31N3O5S/c1-29-23(28)17(27)12-14-2-7-18-19(14)20-21(24-13-25-22(20)32-18)31-16-5-3-15(4-6-16)26-8-10-30-11-9-26/h13-17,27H,2-12H2,1H3/t14-,15?,16?,17?/m1/s1. The molecule has 3 heterocycles. The average Bonchev–Trinajstić information content (AvgIpc) is 3.39. The van der Waals surface area contributed by atoms with E-state index in [0.29, 0.717) is 18.3 Å². The fourth-order valence-electron chi connectivity index (χ4n) is 5.50. The number of carbonyl (C=O) groups is 1. The van der Waals surface area contributed by atoms with E-state index in [1.807, 2.05) is 0 Å². The Morgan fingerprint density at radius 3 is 2.78 bits per heavy atom.